The fourth-order valence-corrected chi connectivity index (χ4v) is 5.98. The average Bonchev–Trinajstić information content (AvgIpc) is 3.26. The van der Waals surface area contributed by atoms with Crippen molar-refractivity contribution in [1.82, 2.24) is 0 Å². The number of rotatable bonds is 2. The van der Waals surface area contributed by atoms with Gasteiger partial charge >= 0.3 is 5.97 Å². The molecule has 28 heavy (non-hydrogen) atoms. The van der Waals surface area contributed by atoms with Crippen LogP contribution < -0.4 is 10.6 Å². The summed E-state index contributed by atoms with van der Waals surface area (Å²) in [6, 6.07) is 13.5. The van der Waals surface area contributed by atoms with Gasteiger partial charge in [-0.25, -0.2) is 4.79 Å². The monoisotopic (exact) mass is 459 g/mol. The Balaban J connectivity index is 1.35. The molecule has 1 saturated heterocycles. The molecule has 0 bridgehead atoms. The largest absolute Gasteiger partial charge is 0.453 e. The number of nitrogens with one attached hydrogen (secondary N) is 1. The van der Waals surface area contributed by atoms with Crippen molar-refractivity contribution < 1.29 is 19.6 Å². The predicted octanol–water partition coefficient (Wildman–Crippen LogP) is 2.76. The second-order valence-electron chi connectivity index (χ2n) is 7.58. The van der Waals surface area contributed by atoms with Crippen LogP contribution in [0.3, 0.4) is 0 Å². The van der Waals surface area contributed by atoms with E-state index in [1.54, 1.807) is 11.8 Å². The van der Waals surface area contributed by atoms with E-state index < -0.39 is 5.41 Å². The zero-order valence-corrected chi connectivity index (χ0v) is 17.5. The molecular formula is C21H20BrN2O3S+. The van der Waals surface area contributed by atoms with E-state index >= 15 is 0 Å². The van der Waals surface area contributed by atoms with E-state index in [1.165, 1.54) is 4.90 Å². The summed E-state index contributed by atoms with van der Waals surface area (Å²) in [6.07, 6.45) is 1.05. The van der Waals surface area contributed by atoms with Gasteiger partial charge in [-0.05, 0) is 36.2 Å². The van der Waals surface area contributed by atoms with Gasteiger partial charge in [-0.2, -0.15) is 0 Å². The van der Waals surface area contributed by atoms with Crippen LogP contribution in [0, 0.1) is 0 Å². The highest BCUT2D eigenvalue weighted by molar-refractivity contribution is 9.10. The van der Waals surface area contributed by atoms with Crippen LogP contribution in [0.15, 0.2) is 51.8 Å². The minimum atomic E-state index is -0.635. The van der Waals surface area contributed by atoms with Crippen LogP contribution in [-0.2, 0) is 19.7 Å². The number of fused-ring (bicyclic) bond motifs is 3. The number of halogens is 1. The lowest BCUT2D eigenvalue weighted by atomic mass is 9.79. The summed E-state index contributed by atoms with van der Waals surface area (Å²) in [6.45, 7) is 0.568. The number of amides is 1. The van der Waals surface area contributed by atoms with Crippen molar-refractivity contribution in [1.29, 1.82) is 0 Å². The zero-order valence-electron chi connectivity index (χ0n) is 15.1. The molecule has 3 N–H and O–H groups in total. The summed E-state index contributed by atoms with van der Waals surface area (Å²) in [5, 5.41) is 4.93. The molecule has 1 fully saturated rings. The Labute approximate surface area is 175 Å². The van der Waals surface area contributed by atoms with Crippen LogP contribution >= 0.6 is 27.7 Å². The summed E-state index contributed by atoms with van der Waals surface area (Å²) in [4.78, 5) is 26.9. The fraction of sp³-hybridized carbons (Fsp3) is 0.333. The lowest BCUT2D eigenvalue weighted by molar-refractivity contribution is -0.661. The highest BCUT2D eigenvalue weighted by Gasteiger charge is 2.56. The van der Waals surface area contributed by atoms with Gasteiger partial charge < -0.3 is 15.4 Å². The molecule has 3 aliphatic rings. The number of ether oxygens (including phenoxy) is 1. The van der Waals surface area contributed by atoms with E-state index in [-0.39, 0.29) is 24.0 Å². The molecule has 3 heterocycles. The Morgan fingerprint density at radius 1 is 1.29 bits per heavy atom. The molecular weight excluding hydrogens is 440 g/mol. The number of carbonyl (C=O) groups is 2. The van der Waals surface area contributed by atoms with Crippen LogP contribution in [0.4, 0.5) is 5.69 Å². The normalized spacial score (nSPS) is 28.0. The number of quaternary nitrogens is 1. The molecule has 5 nitrogen and oxygen atoms in total. The first kappa shape index (κ1) is 18.2. The summed E-state index contributed by atoms with van der Waals surface area (Å²) in [5.41, 5.74) is 2.28. The number of anilines is 1. The van der Waals surface area contributed by atoms with Gasteiger partial charge in [0.15, 0.2) is 6.04 Å². The number of thioether (sulfide) groups is 1. The number of esters is 1. The van der Waals surface area contributed by atoms with Crippen molar-refractivity contribution in [3.8, 4) is 0 Å². The van der Waals surface area contributed by atoms with Crippen LogP contribution in [0.2, 0.25) is 0 Å². The van der Waals surface area contributed by atoms with Crippen molar-refractivity contribution >= 4 is 45.3 Å². The molecule has 144 valence electrons. The molecule has 0 radical (unpaired) electrons. The standard InChI is InChI=1S/C21H19BrN2O3S/c22-12-5-6-18-13(9-12)17(7-8-28-18)27-19(25)16-10-21(11-23-16)14-3-1-2-4-15(14)24-20(21)26/h1-6,9,16-17,23H,7-8,10-11H2,(H,24,26)/p+1/t16-,17+,21-/m1/s1. The van der Waals surface area contributed by atoms with Gasteiger partial charge in [0.1, 0.15) is 11.5 Å². The van der Waals surface area contributed by atoms with Gasteiger partial charge in [0, 0.05) is 32.8 Å². The predicted molar refractivity (Wildman–Crippen MR) is 110 cm³/mol. The summed E-state index contributed by atoms with van der Waals surface area (Å²) < 4.78 is 6.93. The molecule has 7 heteroatoms. The van der Waals surface area contributed by atoms with Crippen LogP contribution in [0.25, 0.3) is 0 Å². The first-order chi connectivity index (χ1) is 13.6. The smallest absolute Gasteiger partial charge is 0.365 e. The van der Waals surface area contributed by atoms with Crippen LogP contribution in [-0.4, -0.2) is 30.2 Å². The fourth-order valence-electron chi connectivity index (χ4n) is 4.53. The Bertz CT molecular complexity index is 982. The molecule has 2 aromatic rings. The summed E-state index contributed by atoms with van der Waals surface area (Å²) in [7, 11) is 0. The highest BCUT2D eigenvalue weighted by atomic mass is 79.9. The van der Waals surface area contributed by atoms with Crippen LogP contribution in [0.5, 0.6) is 0 Å². The van der Waals surface area contributed by atoms with Crippen molar-refractivity contribution in [2.45, 2.75) is 35.3 Å². The van der Waals surface area contributed by atoms with Gasteiger partial charge in [0.2, 0.25) is 5.91 Å². The molecule has 3 aliphatic heterocycles. The first-order valence-corrected chi connectivity index (χ1v) is 11.2. The minimum Gasteiger partial charge on any atom is -0.453 e. The van der Waals surface area contributed by atoms with E-state index in [2.05, 4.69) is 27.3 Å². The van der Waals surface area contributed by atoms with Gasteiger partial charge in [-0.3, -0.25) is 4.79 Å². The van der Waals surface area contributed by atoms with Gasteiger partial charge in [0.05, 0.1) is 6.54 Å². The number of hydrogen-bond donors (Lipinski definition) is 2. The first-order valence-electron chi connectivity index (χ1n) is 9.44. The van der Waals surface area contributed by atoms with Crippen molar-refractivity contribution in [3.05, 3.63) is 58.1 Å². The maximum atomic E-state index is 13.0. The van der Waals surface area contributed by atoms with E-state index in [0.717, 1.165) is 33.5 Å². The number of carbonyl (C=O) groups excluding carboxylic acids is 2. The summed E-state index contributed by atoms with van der Waals surface area (Å²) in [5.74, 6) is 0.696. The average molecular weight is 460 g/mol. The molecule has 0 saturated carbocycles. The third kappa shape index (κ3) is 2.88. The van der Waals surface area contributed by atoms with Gasteiger partial charge in [-0.1, -0.05) is 34.1 Å². The highest BCUT2D eigenvalue weighted by Crippen LogP contribution is 2.43. The van der Waals surface area contributed by atoms with Gasteiger partial charge in [0.25, 0.3) is 0 Å². The minimum absolute atomic E-state index is 0.0106. The van der Waals surface area contributed by atoms with Crippen molar-refractivity contribution in [2.75, 3.05) is 17.6 Å². The van der Waals surface area contributed by atoms with Gasteiger partial charge in [-0.15, -0.1) is 11.8 Å². The Kier molecular flexibility index (Phi) is 4.49. The number of benzene rings is 2. The van der Waals surface area contributed by atoms with E-state index in [1.807, 2.05) is 41.7 Å². The molecule has 2 aromatic carbocycles. The maximum absolute atomic E-state index is 13.0. The number of hydrogen-bond acceptors (Lipinski definition) is 4. The van der Waals surface area contributed by atoms with Crippen molar-refractivity contribution in [2.24, 2.45) is 0 Å². The maximum Gasteiger partial charge on any atom is 0.365 e. The molecule has 1 spiro atoms. The number of nitrogens with two attached hydrogens (primary N) is 1. The number of para-hydroxylation sites is 1. The summed E-state index contributed by atoms with van der Waals surface area (Å²) >= 11 is 5.31. The molecule has 0 aliphatic carbocycles. The van der Waals surface area contributed by atoms with Crippen LogP contribution in [0.1, 0.15) is 30.1 Å². The van der Waals surface area contributed by atoms with Crippen molar-refractivity contribution in [3.63, 3.8) is 0 Å². The third-order valence-electron chi connectivity index (χ3n) is 5.96. The SMILES string of the molecule is O=C(O[C@H]1CCSc2ccc(Br)cc21)[C@H]1C[C@]2(C[NH2+]1)C(=O)Nc1ccccc12. The quantitative estimate of drug-likeness (QED) is 0.677. The zero-order chi connectivity index (χ0) is 19.3. The Morgan fingerprint density at radius 2 is 2.14 bits per heavy atom. The molecule has 0 aromatic heterocycles. The lowest BCUT2D eigenvalue weighted by Crippen LogP contribution is -2.89. The Hall–Kier alpha value is -1.83. The van der Waals surface area contributed by atoms with E-state index in [0.29, 0.717) is 13.0 Å². The lowest BCUT2D eigenvalue weighted by Gasteiger charge is -2.26. The second kappa shape index (κ2) is 6.90. The molecule has 5 rings (SSSR count). The van der Waals surface area contributed by atoms with E-state index in [4.69, 9.17) is 4.74 Å². The molecule has 1 amide bonds. The van der Waals surface area contributed by atoms with E-state index in [9.17, 15) is 9.59 Å². The Morgan fingerprint density at radius 3 is 3.04 bits per heavy atom. The molecule has 0 unspecified atom stereocenters. The third-order valence-corrected chi connectivity index (χ3v) is 7.58. The topological polar surface area (TPSA) is 72.0 Å². The molecule has 3 atom stereocenters. The second-order valence-corrected chi connectivity index (χ2v) is 9.63.